The van der Waals surface area contributed by atoms with Crippen LogP contribution in [-0.4, -0.2) is 45.3 Å². The van der Waals surface area contributed by atoms with Crippen LogP contribution in [0.4, 0.5) is 5.69 Å². The molecule has 1 aliphatic rings. The standard InChI is InChI=1S/C16H26N2O/c1-17-16-6-3-5-15(13-16)14-7-10-18(11-8-14)9-4-12-19-2/h3,5-6,13-14,17H,4,7-12H2,1-2H3. The Morgan fingerprint density at radius 2 is 2.11 bits per heavy atom. The molecule has 1 aromatic carbocycles. The number of piperidine rings is 1. The summed E-state index contributed by atoms with van der Waals surface area (Å²) in [4.78, 5) is 2.57. The number of anilines is 1. The molecule has 3 heteroatoms. The molecule has 0 unspecified atom stereocenters. The SMILES string of the molecule is CNc1cccc(C2CCN(CCCOC)CC2)c1. The molecular formula is C16H26N2O. The molecule has 1 fully saturated rings. The molecule has 1 saturated heterocycles. The van der Waals surface area contributed by atoms with Gasteiger partial charge in [0.05, 0.1) is 0 Å². The zero-order valence-corrected chi connectivity index (χ0v) is 12.2. The van der Waals surface area contributed by atoms with Crippen LogP contribution in [0.3, 0.4) is 0 Å². The topological polar surface area (TPSA) is 24.5 Å². The average molecular weight is 262 g/mol. The summed E-state index contributed by atoms with van der Waals surface area (Å²) in [6.45, 7) is 4.50. The van der Waals surface area contributed by atoms with E-state index in [1.54, 1.807) is 7.11 Å². The minimum atomic E-state index is 0.729. The highest BCUT2D eigenvalue weighted by Crippen LogP contribution is 2.29. The molecule has 0 amide bonds. The smallest absolute Gasteiger partial charge is 0.0474 e. The van der Waals surface area contributed by atoms with E-state index in [4.69, 9.17) is 4.74 Å². The van der Waals surface area contributed by atoms with Crippen LogP contribution in [0.2, 0.25) is 0 Å². The van der Waals surface area contributed by atoms with Crippen molar-refractivity contribution < 1.29 is 4.74 Å². The molecule has 0 atom stereocenters. The summed E-state index contributed by atoms with van der Waals surface area (Å²) >= 11 is 0. The van der Waals surface area contributed by atoms with E-state index in [9.17, 15) is 0 Å². The molecule has 1 aliphatic heterocycles. The monoisotopic (exact) mass is 262 g/mol. The van der Waals surface area contributed by atoms with E-state index in [0.29, 0.717) is 0 Å². The number of nitrogens with one attached hydrogen (secondary N) is 1. The first-order valence-electron chi connectivity index (χ1n) is 7.32. The maximum atomic E-state index is 5.12. The minimum absolute atomic E-state index is 0.729. The summed E-state index contributed by atoms with van der Waals surface area (Å²) in [7, 11) is 3.76. The normalized spacial score (nSPS) is 17.6. The van der Waals surface area contributed by atoms with E-state index >= 15 is 0 Å². The first-order valence-corrected chi connectivity index (χ1v) is 7.32. The Bertz CT molecular complexity index is 373. The fourth-order valence-corrected chi connectivity index (χ4v) is 2.87. The summed E-state index contributed by atoms with van der Waals surface area (Å²) in [5.74, 6) is 0.729. The van der Waals surface area contributed by atoms with Crippen molar-refractivity contribution in [3.63, 3.8) is 0 Å². The number of ether oxygens (including phenoxy) is 1. The number of hydrogen-bond acceptors (Lipinski definition) is 3. The number of hydrogen-bond donors (Lipinski definition) is 1. The quantitative estimate of drug-likeness (QED) is 0.798. The molecule has 0 spiro atoms. The maximum absolute atomic E-state index is 5.12. The van der Waals surface area contributed by atoms with E-state index < -0.39 is 0 Å². The van der Waals surface area contributed by atoms with Crippen molar-refractivity contribution in [1.29, 1.82) is 0 Å². The summed E-state index contributed by atoms with van der Waals surface area (Å²) in [5, 5.41) is 3.23. The van der Waals surface area contributed by atoms with Crippen LogP contribution in [0.25, 0.3) is 0 Å². The van der Waals surface area contributed by atoms with Gasteiger partial charge in [0.2, 0.25) is 0 Å². The fraction of sp³-hybridized carbons (Fsp3) is 0.625. The van der Waals surface area contributed by atoms with Gasteiger partial charge in [0, 0.05) is 33.0 Å². The Kier molecular flexibility index (Phi) is 5.67. The largest absolute Gasteiger partial charge is 0.388 e. The average Bonchev–Trinajstić information content (AvgIpc) is 2.48. The Hall–Kier alpha value is -1.06. The van der Waals surface area contributed by atoms with Crippen LogP contribution >= 0.6 is 0 Å². The highest BCUT2D eigenvalue weighted by Gasteiger charge is 2.20. The molecule has 0 aromatic heterocycles. The van der Waals surface area contributed by atoms with Crippen LogP contribution in [0.1, 0.15) is 30.7 Å². The van der Waals surface area contributed by atoms with Gasteiger partial charge < -0.3 is 15.0 Å². The third-order valence-electron chi connectivity index (χ3n) is 4.06. The third kappa shape index (κ3) is 4.22. The van der Waals surface area contributed by atoms with Gasteiger partial charge in [-0.2, -0.15) is 0 Å². The first-order chi connectivity index (χ1) is 9.33. The zero-order valence-electron chi connectivity index (χ0n) is 12.2. The van der Waals surface area contributed by atoms with Crippen LogP contribution in [0.15, 0.2) is 24.3 Å². The van der Waals surface area contributed by atoms with E-state index in [-0.39, 0.29) is 0 Å². The summed E-state index contributed by atoms with van der Waals surface area (Å²) in [5.41, 5.74) is 2.71. The van der Waals surface area contributed by atoms with Crippen molar-refractivity contribution in [2.24, 2.45) is 0 Å². The van der Waals surface area contributed by atoms with Gasteiger partial charge in [-0.25, -0.2) is 0 Å². The van der Waals surface area contributed by atoms with Gasteiger partial charge in [0.1, 0.15) is 0 Å². The lowest BCUT2D eigenvalue weighted by atomic mass is 9.89. The van der Waals surface area contributed by atoms with Gasteiger partial charge in [0.15, 0.2) is 0 Å². The second-order valence-electron chi connectivity index (χ2n) is 5.34. The second-order valence-corrected chi connectivity index (χ2v) is 5.34. The molecule has 0 bridgehead atoms. The molecule has 1 heterocycles. The van der Waals surface area contributed by atoms with Gasteiger partial charge in [-0.05, 0) is 56.0 Å². The Labute approximate surface area is 116 Å². The van der Waals surface area contributed by atoms with Crippen LogP contribution in [-0.2, 0) is 4.74 Å². The minimum Gasteiger partial charge on any atom is -0.388 e. The summed E-state index contributed by atoms with van der Waals surface area (Å²) < 4.78 is 5.12. The maximum Gasteiger partial charge on any atom is 0.0474 e. The van der Waals surface area contributed by atoms with Crippen LogP contribution < -0.4 is 5.32 Å². The lowest BCUT2D eigenvalue weighted by Gasteiger charge is -2.32. The molecule has 2 rings (SSSR count). The van der Waals surface area contributed by atoms with Crippen molar-refractivity contribution >= 4 is 5.69 Å². The van der Waals surface area contributed by atoms with Crippen LogP contribution in [0, 0.1) is 0 Å². The Morgan fingerprint density at radius 1 is 1.32 bits per heavy atom. The molecule has 19 heavy (non-hydrogen) atoms. The summed E-state index contributed by atoms with van der Waals surface area (Å²) in [6.07, 6.45) is 3.71. The molecule has 0 saturated carbocycles. The first kappa shape index (κ1) is 14.4. The van der Waals surface area contributed by atoms with Crippen molar-refractivity contribution in [1.82, 2.24) is 4.90 Å². The van der Waals surface area contributed by atoms with Gasteiger partial charge in [0.25, 0.3) is 0 Å². The van der Waals surface area contributed by atoms with Gasteiger partial charge in [-0.1, -0.05) is 12.1 Å². The van der Waals surface area contributed by atoms with Crippen molar-refractivity contribution in [2.75, 3.05) is 45.7 Å². The fourth-order valence-electron chi connectivity index (χ4n) is 2.87. The van der Waals surface area contributed by atoms with Crippen molar-refractivity contribution in [2.45, 2.75) is 25.2 Å². The lowest BCUT2D eigenvalue weighted by molar-refractivity contribution is 0.157. The highest BCUT2D eigenvalue weighted by atomic mass is 16.5. The number of methoxy groups -OCH3 is 1. The Balaban J connectivity index is 1.82. The van der Waals surface area contributed by atoms with E-state index in [0.717, 1.165) is 18.9 Å². The molecule has 1 N–H and O–H groups in total. The molecule has 0 radical (unpaired) electrons. The molecule has 1 aromatic rings. The number of likely N-dealkylation sites (tertiary alicyclic amines) is 1. The van der Waals surface area contributed by atoms with Crippen molar-refractivity contribution in [3.05, 3.63) is 29.8 Å². The highest BCUT2D eigenvalue weighted by molar-refractivity contribution is 5.46. The number of nitrogens with zero attached hydrogens (tertiary/aromatic N) is 1. The molecule has 0 aliphatic carbocycles. The van der Waals surface area contributed by atoms with Gasteiger partial charge in [-0.3, -0.25) is 0 Å². The van der Waals surface area contributed by atoms with E-state index in [1.807, 2.05) is 7.05 Å². The van der Waals surface area contributed by atoms with Crippen molar-refractivity contribution in [3.8, 4) is 0 Å². The van der Waals surface area contributed by atoms with Gasteiger partial charge in [-0.15, -0.1) is 0 Å². The predicted octanol–water partition coefficient (Wildman–Crippen LogP) is 2.94. The summed E-state index contributed by atoms with van der Waals surface area (Å²) in [6, 6.07) is 8.85. The molecule has 3 nitrogen and oxygen atoms in total. The molecule has 106 valence electrons. The number of benzene rings is 1. The van der Waals surface area contributed by atoms with Gasteiger partial charge >= 0.3 is 0 Å². The van der Waals surface area contributed by atoms with Crippen LogP contribution in [0.5, 0.6) is 0 Å². The lowest BCUT2D eigenvalue weighted by Crippen LogP contribution is -2.34. The second kappa shape index (κ2) is 7.51. The number of rotatable bonds is 6. The Morgan fingerprint density at radius 3 is 2.79 bits per heavy atom. The van der Waals surface area contributed by atoms with E-state index in [1.165, 1.54) is 43.7 Å². The molecular weight excluding hydrogens is 236 g/mol. The van der Waals surface area contributed by atoms with E-state index in [2.05, 4.69) is 34.5 Å². The zero-order chi connectivity index (χ0) is 13.5. The third-order valence-corrected chi connectivity index (χ3v) is 4.06. The predicted molar refractivity (Wildman–Crippen MR) is 80.9 cm³/mol.